The molecular formula is C15H13BrN2O2. The third kappa shape index (κ3) is 3.68. The van der Waals surface area contributed by atoms with Crippen molar-refractivity contribution in [2.45, 2.75) is 0 Å². The molecular weight excluding hydrogens is 320 g/mol. The molecule has 2 aromatic carbocycles. The van der Waals surface area contributed by atoms with Gasteiger partial charge in [-0.2, -0.15) is 5.10 Å². The van der Waals surface area contributed by atoms with Crippen molar-refractivity contribution in [2.24, 2.45) is 5.10 Å². The highest BCUT2D eigenvalue weighted by atomic mass is 79.9. The molecule has 4 nitrogen and oxygen atoms in total. The minimum Gasteiger partial charge on any atom is -0.496 e. The average molecular weight is 333 g/mol. The number of hydrazone groups is 1. The van der Waals surface area contributed by atoms with Crippen LogP contribution in [0.2, 0.25) is 0 Å². The Kier molecular flexibility index (Phi) is 4.90. The Morgan fingerprint density at radius 1 is 1.20 bits per heavy atom. The monoisotopic (exact) mass is 332 g/mol. The summed E-state index contributed by atoms with van der Waals surface area (Å²) in [6.07, 6.45) is 1.58. The first-order valence-electron chi connectivity index (χ1n) is 5.92. The first-order valence-corrected chi connectivity index (χ1v) is 6.72. The first kappa shape index (κ1) is 14.3. The summed E-state index contributed by atoms with van der Waals surface area (Å²) in [6, 6.07) is 14.6. The fourth-order valence-corrected chi connectivity index (χ4v) is 1.87. The van der Waals surface area contributed by atoms with Crippen LogP contribution in [-0.2, 0) is 0 Å². The van der Waals surface area contributed by atoms with Gasteiger partial charge in [-0.3, -0.25) is 4.79 Å². The number of rotatable bonds is 4. The van der Waals surface area contributed by atoms with Crippen LogP contribution in [0.1, 0.15) is 15.9 Å². The number of carbonyl (C=O) groups is 1. The highest BCUT2D eigenvalue weighted by Gasteiger charge is 2.09. The zero-order valence-electron chi connectivity index (χ0n) is 10.8. The van der Waals surface area contributed by atoms with Crippen LogP contribution in [0.4, 0.5) is 0 Å². The molecule has 102 valence electrons. The smallest absolute Gasteiger partial charge is 0.275 e. The van der Waals surface area contributed by atoms with Crippen molar-refractivity contribution < 1.29 is 9.53 Å². The summed E-state index contributed by atoms with van der Waals surface area (Å²) < 4.78 is 6.12. The summed E-state index contributed by atoms with van der Waals surface area (Å²) in [7, 11) is 1.53. The lowest BCUT2D eigenvalue weighted by Gasteiger charge is -2.05. The summed E-state index contributed by atoms with van der Waals surface area (Å²) in [5.41, 5.74) is 3.82. The van der Waals surface area contributed by atoms with E-state index in [2.05, 4.69) is 26.5 Å². The number of amides is 1. The molecule has 5 heteroatoms. The number of nitrogens with one attached hydrogen (secondary N) is 1. The number of benzene rings is 2. The molecule has 0 aliphatic rings. The number of hydrogen-bond donors (Lipinski definition) is 1. The van der Waals surface area contributed by atoms with E-state index in [4.69, 9.17) is 4.74 Å². The van der Waals surface area contributed by atoms with Gasteiger partial charge in [-0.05, 0) is 29.8 Å². The van der Waals surface area contributed by atoms with E-state index >= 15 is 0 Å². The third-order valence-electron chi connectivity index (χ3n) is 2.60. The molecule has 0 spiro atoms. The Bertz CT molecular complexity index is 624. The molecule has 0 unspecified atom stereocenters. The quantitative estimate of drug-likeness (QED) is 0.690. The van der Waals surface area contributed by atoms with Gasteiger partial charge < -0.3 is 4.74 Å². The molecule has 0 aromatic heterocycles. The SMILES string of the molecule is COc1ccccc1C(=O)N/N=C/c1ccc(Br)cc1. The number of ether oxygens (including phenoxy) is 1. The summed E-state index contributed by atoms with van der Waals surface area (Å²) in [6.45, 7) is 0. The van der Waals surface area contributed by atoms with Crippen LogP contribution in [0.5, 0.6) is 5.75 Å². The van der Waals surface area contributed by atoms with Crippen LogP contribution in [-0.4, -0.2) is 19.2 Å². The van der Waals surface area contributed by atoms with E-state index in [0.29, 0.717) is 11.3 Å². The maximum Gasteiger partial charge on any atom is 0.275 e. The van der Waals surface area contributed by atoms with Crippen molar-refractivity contribution in [2.75, 3.05) is 7.11 Å². The van der Waals surface area contributed by atoms with Gasteiger partial charge >= 0.3 is 0 Å². The molecule has 0 fully saturated rings. The zero-order valence-corrected chi connectivity index (χ0v) is 12.4. The van der Waals surface area contributed by atoms with Gasteiger partial charge in [0.15, 0.2) is 0 Å². The van der Waals surface area contributed by atoms with Gasteiger partial charge in [0.2, 0.25) is 0 Å². The van der Waals surface area contributed by atoms with E-state index in [1.807, 2.05) is 24.3 Å². The van der Waals surface area contributed by atoms with Crippen LogP contribution < -0.4 is 10.2 Å². The van der Waals surface area contributed by atoms with Gasteiger partial charge in [0.05, 0.1) is 18.9 Å². The van der Waals surface area contributed by atoms with Gasteiger partial charge in [0.25, 0.3) is 5.91 Å². The Hall–Kier alpha value is -2.14. The van der Waals surface area contributed by atoms with Gasteiger partial charge in [-0.15, -0.1) is 0 Å². The summed E-state index contributed by atoms with van der Waals surface area (Å²) in [5, 5.41) is 3.93. The molecule has 0 saturated carbocycles. The molecule has 0 heterocycles. The van der Waals surface area contributed by atoms with Crippen molar-refractivity contribution in [1.82, 2.24) is 5.43 Å². The fourth-order valence-electron chi connectivity index (χ4n) is 1.61. The number of halogens is 1. The minimum absolute atomic E-state index is 0.309. The van der Waals surface area contributed by atoms with Crippen molar-refractivity contribution in [3.63, 3.8) is 0 Å². The van der Waals surface area contributed by atoms with E-state index in [-0.39, 0.29) is 5.91 Å². The number of para-hydroxylation sites is 1. The molecule has 2 aromatic rings. The standard InChI is InChI=1S/C15H13BrN2O2/c1-20-14-5-3-2-4-13(14)15(19)18-17-10-11-6-8-12(16)9-7-11/h2-10H,1H3,(H,18,19)/b17-10+. The molecule has 1 N–H and O–H groups in total. The largest absolute Gasteiger partial charge is 0.496 e. The maximum absolute atomic E-state index is 12.0. The number of hydrogen-bond acceptors (Lipinski definition) is 3. The van der Waals surface area contributed by atoms with Crippen LogP contribution in [0, 0.1) is 0 Å². The minimum atomic E-state index is -0.309. The van der Waals surface area contributed by atoms with Crippen molar-refractivity contribution in [3.05, 3.63) is 64.1 Å². The number of nitrogens with zero attached hydrogens (tertiary/aromatic N) is 1. The second-order valence-corrected chi connectivity index (χ2v) is 4.87. The van der Waals surface area contributed by atoms with Crippen LogP contribution in [0.25, 0.3) is 0 Å². The molecule has 0 radical (unpaired) electrons. The molecule has 20 heavy (non-hydrogen) atoms. The van der Waals surface area contributed by atoms with Crippen molar-refractivity contribution >= 4 is 28.1 Å². The molecule has 0 aliphatic heterocycles. The lowest BCUT2D eigenvalue weighted by molar-refractivity contribution is 0.0952. The van der Waals surface area contributed by atoms with Gasteiger partial charge in [-0.1, -0.05) is 40.2 Å². The fraction of sp³-hybridized carbons (Fsp3) is 0.0667. The molecule has 2 rings (SSSR count). The van der Waals surface area contributed by atoms with Gasteiger partial charge in [0.1, 0.15) is 5.75 Å². The van der Waals surface area contributed by atoms with Gasteiger partial charge in [-0.25, -0.2) is 5.43 Å². The Morgan fingerprint density at radius 3 is 2.60 bits per heavy atom. The van der Waals surface area contributed by atoms with E-state index in [1.165, 1.54) is 7.11 Å². The third-order valence-corrected chi connectivity index (χ3v) is 3.13. The highest BCUT2D eigenvalue weighted by Crippen LogP contribution is 2.16. The van der Waals surface area contributed by atoms with E-state index < -0.39 is 0 Å². The number of carbonyl (C=O) groups excluding carboxylic acids is 1. The first-order chi connectivity index (χ1) is 9.70. The second kappa shape index (κ2) is 6.86. The Morgan fingerprint density at radius 2 is 1.90 bits per heavy atom. The van der Waals surface area contributed by atoms with Crippen molar-refractivity contribution in [3.8, 4) is 5.75 Å². The molecule has 0 saturated heterocycles. The molecule has 0 bridgehead atoms. The molecule has 0 atom stereocenters. The van der Waals surface area contributed by atoms with E-state index in [9.17, 15) is 4.79 Å². The summed E-state index contributed by atoms with van der Waals surface area (Å²) in [4.78, 5) is 12.0. The summed E-state index contributed by atoms with van der Waals surface area (Å²) >= 11 is 3.36. The predicted molar refractivity (Wildman–Crippen MR) is 82.2 cm³/mol. The molecule has 1 amide bonds. The van der Waals surface area contributed by atoms with E-state index in [1.54, 1.807) is 30.5 Å². The van der Waals surface area contributed by atoms with Crippen LogP contribution in [0.3, 0.4) is 0 Å². The summed E-state index contributed by atoms with van der Waals surface area (Å²) in [5.74, 6) is 0.208. The second-order valence-electron chi connectivity index (χ2n) is 3.95. The normalized spacial score (nSPS) is 10.5. The molecule has 0 aliphatic carbocycles. The predicted octanol–water partition coefficient (Wildman–Crippen LogP) is 3.22. The maximum atomic E-state index is 12.0. The lowest BCUT2D eigenvalue weighted by atomic mass is 10.2. The van der Waals surface area contributed by atoms with Crippen molar-refractivity contribution in [1.29, 1.82) is 0 Å². The Balaban J connectivity index is 2.03. The van der Waals surface area contributed by atoms with Crippen LogP contribution >= 0.6 is 15.9 Å². The Labute approximate surface area is 125 Å². The van der Waals surface area contributed by atoms with Crippen LogP contribution in [0.15, 0.2) is 58.1 Å². The highest BCUT2D eigenvalue weighted by molar-refractivity contribution is 9.10. The zero-order chi connectivity index (χ0) is 14.4. The van der Waals surface area contributed by atoms with E-state index in [0.717, 1.165) is 10.0 Å². The average Bonchev–Trinajstić information content (AvgIpc) is 2.49. The number of methoxy groups -OCH3 is 1. The lowest BCUT2D eigenvalue weighted by Crippen LogP contribution is -2.18. The topological polar surface area (TPSA) is 50.7 Å². The van der Waals surface area contributed by atoms with Gasteiger partial charge in [0, 0.05) is 4.47 Å².